The molecule has 29 heavy (non-hydrogen) atoms. The number of amides is 1. The first-order valence-corrected chi connectivity index (χ1v) is 11.4. The van der Waals surface area contributed by atoms with Crippen LogP contribution in [0.1, 0.15) is 42.5 Å². The second kappa shape index (κ2) is 9.59. The third kappa shape index (κ3) is 5.08. The molecule has 0 bridgehead atoms. The molecular formula is C22H27N3O3S. The van der Waals surface area contributed by atoms with E-state index in [1.807, 2.05) is 34.9 Å². The van der Waals surface area contributed by atoms with E-state index in [2.05, 4.69) is 10.3 Å². The van der Waals surface area contributed by atoms with Crippen molar-refractivity contribution in [3.63, 3.8) is 0 Å². The minimum atomic E-state index is -0.214. The van der Waals surface area contributed by atoms with Crippen LogP contribution >= 0.6 is 11.8 Å². The Labute approximate surface area is 175 Å². The molecule has 0 saturated carbocycles. The summed E-state index contributed by atoms with van der Waals surface area (Å²) in [7, 11) is 0. The number of hydrogen-bond donors (Lipinski definition) is 1. The number of hydrogen-bond acceptors (Lipinski definition) is 5. The number of thioether (sulfide) groups is 1. The highest BCUT2D eigenvalue weighted by atomic mass is 32.2. The highest BCUT2D eigenvalue weighted by molar-refractivity contribution is 7.99. The summed E-state index contributed by atoms with van der Waals surface area (Å²) in [4.78, 5) is 29.4. The zero-order chi connectivity index (χ0) is 20.1. The molecule has 4 rings (SSSR count). The number of carbonyl (C=O) groups excluding carboxylic acids is 1. The third-order valence-electron chi connectivity index (χ3n) is 5.53. The van der Waals surface area contributed by atoms with E-state index in [-0.39, 0.29) is 23.5 Å². The Morgan fingerprint density at radius 3 is 2.83 bits per heavy atom. The van der Waals surface area contributed by atoms with Crippen molar-refractivity contribution in [3.8, 4) is 0 Å². The van der Waals surface area contributed by atoms with Gasteiger partial charge in [0.05, 0.1) is 18.4 Å². The maximum absolute atomic E-state index is 12.7. The summed E-state index contributed by atoms with van der Waals surface area (Å²) in [5, 5.41) is 3.66. The number of rotatable bonds is 7. The average Bonchev–Trinajstić information content (AvgIpc) is 3.27. The molecule has 0 radical (unpaired) electrons. The van der Waals surface area contributed by atoms with Gasteiger partial charge in [-0.1, -0.05) is 42.1 Å². The molecule has 2 aliphatic rings. The van der Waals surface area contributed by atoms with Crippen molar-refractivity contribution in [3.05, 3.63) is 57.6 Å². The summed E-state index contributed by atoms with van der Waals surface area (Å²) in [6.45, 7) is 1.88. The molecule has 1 atom stereocenters. The van der Waals surface area contributed by atoms with Crippen LogP contribution in [0, 0.1) is 0 Å². The van der Waals surface area contributed by atoms with E-state index in [1.165, 1.54) is 11.8 Å². The van der Waals surface area contributed by atoms with Crippen LogP contribution < -0.4 is 11.0 Å². The SMILES string of the molecule is O=C(CSc1nc(=O)n(CC2CCCO2)c2c1CCCC2)NCc1ccccc1. The largest absolute Gasteiger partial charge is 0.376 e. The van der Waals surface area contributed by atoms with Crippen LogP contribution in [-0.2, 0) is 35.5 Å². The molecule has 2 heterocycles. The molecule has 1 aliphatic heterocycles. The first kappa shape index (κ1) is 20.2. The van der Waals surface area contributed by atoms with Crippen LogP contribution in [0.4, 0.5) is 0 Å². The van der Waals surface area contributed by atoms with Gasteiger partial charge >= 0.3 is 5.69 Å². The fraction of sp³-hybridized carbons (Fsp3) is 0.500. The lowest BCUT2D eigenvalue weighted by atomic mass is 9.97. The van der Waals surface area contributed by atoms with Crippen LogP contribution in [0.15, 0.2) is 40.2 Å². The molecule has 1 fully saturated rings. The van der Waals surface area contributed by atoms with E-state index in [0.29, 0.717) is 13.1 Å². The van der Waals surface area contributed by atoms with Crippen molar-refractivity contribution >= 4 is 17.7 Å². The van der Waals surface area contributed by atoms with Crippen LogP contribution in [-0.4, -0.2) is 33.9 Å². The zero-order valence-corrected chi connectivity index (χ0v) is 17.4. The van der Waals surface area contributed by atoms with Gasteiger partial charge in [0.1, 0.15) is 5.03 Å². The topological polar surface area (TPSA) is 73.2 Å². The summed E-state index contributed by atoms with van der Waals surface area (Å²) >= 11 is 1.38. The predicted octanol–water partition coefficient (Wildman–Crippen LogP) is 2.71. The molecule has 1 aromatic heterocycles. The number of nitrogens with one attached hydrogen (secondary N) is 1. The molecule has 7 heteroatoms. The van der Waals surface area contributed by atoms with Gasteiger partial charge in [0.25, 0.3) is 0 Å². The molecule has 1 amide bonds. The van der Waals surface area contributed by atoms with Crippen LogP contribution in [0.2, 0.25) is 0 Å². The Morgan fingerprint density at radius 2 is 2.03 bits per heavy atom. The molecule has 1 saturated heterocycles. The molecule has 2 aromatic rings. The van der Waals surface area contributed by atoms with Crippen molar-refractivity contribution in [2.75, 3.05) is 12.4 Å². The molecule has 1 aliphatic carbocycles. The number of benzene rings is 1. The fourth-order valence-corrected chi connectivity index (χ4v) is 4.94. The lowest BCUT2D eigenvalue weighted by Crippen LogP contribution is -2.34. The van der Waals surface area contributed by atoms with Gasteiger partial charge in [-0.2, -0.15) is 4.98 Å². The highest BCUT2D eigenvalue weighted by Gasteiger charge is 2.24. The molecule has 1 aromatic carbocycles. The lowest BCUT2D eigenvalue weighted by Gasteiger charge is -2.24. The Hall–Kier alpha value is -2.12. The zero-order valence-electron chi connectivity index (χ0n) is 16.6. The predicted molar refractivity (Wildman–Crippen MR) is 113 cm³/mol. The van der Waals surface area contributed by atoms with E-state index in [4.69, 9.17) is 4.74 Å². The van der Waals surface area contributed by atoms with E-state index >= 15 is 0 Å². The molecule has 1 unspecified atom stereocenters. The van der Waals surface area contributed by atoms with Crippen molar-refractivity contribution in [1.29, 1.82) is 0 Å². The van der Waals surface area contributed by atoms with Gasteiger partial charge in [-0.15, -0.1) is 0 Å². The minimum Gasteiger partial charge on any atom is -0.376 e. The lowest BCUT2D eigenvalue weighted by molar-refractivity contribution is -0.118. The van der Waals surface area contributed by atoms with Crippen LogP contribution in [0.3, 0.4) is 0 Å². The van der Waals surface area contributed by atoms with Crippen molar-refractivity contribution in [2.24, 2.45) is 0 Å². The molecule has 0 spiro atoms. The minimum absolute atomic E-state index is 0.0475. The molecule has 1 N–H and O–H groups in total. The Balaban J connectivity index is 1.43. The van der Waals surface area contributed by atoms with E-state index in [0.717, 1.165) is 67.0 Å². The number of aromatic nitrogens is 2. The van der Waals surface area contributed by atoms with Gasteiger partial charge in [-0.25, -0.2) is 4.79 Å². The molecule has 154 valence electrons. The number of carbonyl (C=O) groups is 1. The highest BCUT2D eigenvalue weighted by Crippen LogP contribution is 2.29. The standard InChI is InChI=1S/C22H27N3O3S/c26-20(23-13-16-7-2-1-3-8-16)15-29-21-18-10-4-5-11-19(18)25(22(27)24-21)14-17-9-6-12-28-17/h1-3,7-8,17H,4-6,9-15H2,(H,23,26). The first-order chi connectivity index (χ1) is 14.2. The van der Waals surface area contributed by atoms with Gasteiger partial charge < -0.3 is 10.1 Å². The van der Waals surface area contributed by atoms with Gasteiger partial charge in [-0.3, -0.25) is 9.36 Å². The van der Waals surface area contributed by atoms with Gasteiger partial charge in [-0.05, 0) is 44.1 Å². The van der Waals surface area contributed by atoms with Gasteiger partial charge in [0.15, 0.2) is 0 Å². The summed E-state index contributed by atoms with van der Waals surface area (Å²) < 4.78 is 7.55. The van der Waals surface area contributed by atoms with Crippen LogP contribution in [0.5, 0.6) is 0 Å². The van der Waals surface area contributed by atoms with E-state index in [9.17, 15) is 9.59 Å². The average molecular weight is 414 g/mol. The fourth-order valence-electron chi connectivity index (χ4n) is 4.03. The van der Waals surface area contributed by atoms with E-state index in [1.54, 1.807) is 0 Å². The maximum atomic E-state index is 12.7. The summed E-state index contributed by atoms with van der Waals surface area (Å²) in [5.41, 5.74) is 3.10. The van der Waals surface area contributed by atoms with Gasteiger partial charge in [0.2, 0.25) is 5.91 Å². The smallest absolute Gasteiger partial charge is 0.348 e. The Kier molecular flexibility index (Phi) is 6.67. The molecular weight excluding hydrogens is 386 g/mol. The monoisotopic (exact) mass is 413 g/mol. The Bertz CT molecular complexity index is 908. The van der Waals surface area contributed by atoms with E-state index < -0.39 is 0 Å². The second-order valence-electron chi connectivity index (χ2n) is 7.63. The maximum Gasteiger partial charge on any atom is 0.348 e. The van der Waals surface area contributed by atoms with Crippen molar-refractivity contribution in [1.82, 2.24) is 14.9 Å². The van der Waals surface area contributed by atoms with Gasteiger partial charge in [0, 0.05) is 24.4 Å². The van der Waals surface area contributed by atoms with Crippen LogP contribution in [0.25, 0.3) is 0 Å². The summed E-state index contributed by atoms with van der Waals surface area (Å²) in [5.74, 6) is 0.218. The normalized spacial score (nSPS) is 18.4. The van der Waals surface area contributed by atoms with Crippen molar-refractivity contribution < 1.29 is 9.53 Å². The number of nitrogens with zero attached hydrogens (tertiary/aromatic N) is 2. The Morgan fingerprint density at radius 1 is 1.21 bits per heavy atom. The van der Waals surface area contributed by atoms with Crippen molar-refractivity contribution in [2.45, 2.75) is 62.7 Å². The third-order valence-corrected chi connectivity index (χ3v) is 6.55. The number of fused-ring (bicyclic) bond motifs is 1. The molecule has 6 nitrogen and oxygen atoms in total. The summed E-state index contributed by atoms with van der Waals surface area (Å²) in [6, 6.07) is 9.84. The second-order valence-corrected chi connectivity index (χ2v) is 8.59. The quantitative estimate of drug-likeness (QED) is 0.558. The first-order valence-electron chi connectivity index (χ1n) is 10.4. The number of ether oxygens (including phenoxy) is 1. The summed E-state index contributed by atoms with van der Waals surface area (Å²) in [6.07, 6.45) is 6.17.